The standard InChI is InChI=1S/C43H71NO3/c1-4-7-10-13-15-17-19-21-23-26-35-46-42-33-28-39(37-43(42)47-36-27-24-22-20-18-16-14-11-8-5-2)38-44-40-29-31-41(32-30-40)45-34-25-12-9-6-3/h28-33,37-38H,4-27,34-36H2,1-3H3. The van der Waals surface area contributed by atoms with E-state index < -0.39 is 0 Å². The summed E-state index contributed by atoms with van der Waals surface area (Å²) in [5.41, 5.74) is 1.93. The summed E-state index contributed by atoms with van der Waals surface area (Å²) in [5.74, 6) is 2.60. The molecule has 0 bridgehead atoms. The highest BCUT2D eigenvalue weighted by Gasteiger charge is 2.07. The van der Waals surface area contributed by atoms with Crippen LogP contribution in [0.15, 0.2) is 47.5 Å². The molecule has 0 aromatic heterocycles. The Morgan fingerprint density at radius 2 is 0.830 bits per heavy atom. The summed E-state index contributed by atoms with van der Waals surface area (Å²) in [5, 5.41) is 0. The zero-order chi connectivity index (χ0) is 33.5. The largest absolute Gasteiger partial charge is 0.494 e. The normalized spacial score (nSPS) is 11.4. The molecule has 4 nitrogen and oxygen atoms in total. The van der Waals surface area contributed by atoms with Gasteiger partial charge in [-0.25, -0.2) is 0 Å². The van der Waals surface area contributed by atoms with Crippen molar-refractivity contribution < 1.29 is 14.2 Å². The molecule has 0 saturated heterocycles. The first-order valence-electron chi connectivity index (χ1n) is 19.9. The number of aliphatic imine (C=N–C) groups is 1. The van der Waals surface area contributed by atoms with Crippen molar-refractivity contribution in [3.8, 4) is 17.2 Å². The summed E-state index contributed by atoms with van der Waals surface area (Å²) >= 11 is 0. The maximum Gasteiger partial charge on any atom is 0.161 e. The summed E-state index contributed by atoms with van der Waals surface area (Å²) < 4.78 is 18.5. The third-order valence-electron chi connectivity index (χ3n) is 8.94. The molecule has 4 heteroatoms. The number of rotatable bonds is 32. The molecule has 47 heavy (non-hydrogen) atoms. The first-order valence-corrected chi connectivity index (χ1v) is 19.9. The summed E-state index contributed by atoms with van der Waals surface area (Å²) in [7, 11) is 0. The summed E-state index contributed by atoms with van der Waals surface area (Å²) in [6, 6.07) is 14.3. The predicted molar refractivity (Wildman–Crippen MR) is 204 cm³/mol. The van der Waals surface area contributed by atoms with Crippen molar-refractivity contribution in [3.05, 3.63) is 48.0 Å². The second-order valence-electron chi connectivity index (χ2n) is 13.4. The molecule has 0 spiro atoms. The highest BCUT2D eigenvalue weighted by molar-refractivity contribution is 5.83. The van der Waals surface area contributed by atoms with E-state index in [-0.39, 0.29) is 0 Å². The average Bonchev–Trinajstić information content (AvgIpc) is 3.09. The van der Waals surface area contributed by atoms with E-state index in [4.69, 9.17) is 19.2 Å². The summed E-state index contributed by atoms with van der Waals surface area (Å²) in [6.07, 6.45) is 33.3. The van der Waals surface area contributed by atoms with Gasteiger partial charge in [0.2, 0.25) is 0 Å². The van der Waals surface area contributed by atoms with Crippen LogP contribution in [-0.4, -0.2) is 26.0 Å². The third kappa shape index (κ3) is 21.9. The molecule has 0 aliphatic rings. The number of hydrogen-bond acceptors (Lipinski definition) is 4. The molecule has 0 amide bonds. The van der Waals surface area contributed by atoms with Gasteiger partial charge in [0.25, 0.3) is 0 Å². The lowest BCUT2D eigenvalue weighted by atomic mass is 10.1. The zero-order valence-electron chi connectivity index (χ0n) is 30.9. The van der Waals surface area contributed by atoms with E-state index in [2.05, 4.69) is 39.0 Å². The van der Waals surface area contributed by atoms with Gasteiger partial charge < -0.3 is 14.2 Å². The molecule has 0 heterocycles. The minimum atomic E-state index is 0.728. The second kappa shape index (κ2) is 29.6. The quantitative estimate of drug-likeness (QED) is 0.0585. The Kier molecular flexibility index (Phi) is 25.7. The second-order valence-corrected chi connectivity index (χ2v) is 13.4. The molecule has 2 rings (SSSR count). The Labute approximate surface area is 290 Å². The lowest BCUT2D eigenvalue weighted by molar-refractivity contribution is 0.258. The Morgan fingerprint density at radius 1 is 0.426 bits per heavy atom. The van der Waals surface area contributed by atoms with Gasteiger partial charge in [-0.1, -0.05) is 156 Å². The SMILES string of the molecule is CCCCCCCCCCCCOc1ccc(C=Nc2ccc(OCCCCCC)cc2)cc1OCCCCCCCCCCCC. The molecule has 0 N–H and O–H groups in total. The van der Waals surface area contributed by atoms with E-state index in [1.54, 1.807) is 0 Å². The number of unbranched alkanes of at least 4 members (excludes halogenated alkanes) is 21. The molecule has 0 unspecified atom stereocenters. The smallest absolute Gasteiger partial charge is 0.161 e. The van der Waals surface area contributed by atoms with Crippen molar-refractivity contribution in [3.63, 3.8) is 0 Å². The van der Waals surface area contributed by atoms with Crippen molar-refractivity contribution in [1.82, 2.24) is 0 Å². The van der Waals surface area contributed by atoms with Gasteiger partial charge >= 0.3 is 0 Å². The molecule has 0 radical (unpaired) electrons. The number of ether oxygens (including phenoxy) is 3. The lowest BCUT2D eigenvalue weighted by Gasteiger charge is -2.14. The van der Waals surface area contributed by atoms with Crippen LogP contribution in [0.5, 0.6) is 17.2 Å². The molecular formula is C43H71NO3. The van der Waals surface area contributed by atoms with E-state index >= 15 is 0 Å². The summed E-state index contributed by atoms with van der Waals surface area (Å²) in [4.78, 5) is 4.73. The van der Waals surface area contributed by atoms with Crippen LogP contribution in [0.2, 0.25) is 0 Å². The van der Waals surface area contributed by atoms with Gasteiger partial charge in [-0.2, -0.15) is 0 Å². The Bertz CT molecular complexity index is 1000. The maximum absolute atomic E-state index is 6.33. The first-order chi connectivity index (χ1) is 23.3. The van der Waals surface area contributed by atoms with Gasteiger partial charge in [0, 0.05) is 6.21 Å². The lowest BCUT2D eigenvalue weighted by Crippen LogP contribution is -2.03. The van der Waals surface area contributed by atoms with Crippen LogP contribution in [0.1, 0.15) is 180 Å². The van der Waals surface area contributed by atoms with Gasteiger partial charge in [-0.05, 0) is 67.3 Å². The van der Waals surface area contributed by atoms with Gasteiger partial charge in [0.1, 0.15) is 5.75 Å². The van der Waals surface area contributed by atoms with Gasteiger partial charge in [-0.15, -0.1) is 0 Å². The van der Waals surface area contributed by atoms with Crippen molar-refractivity contribution in [2.24, 2.45) is 4.99 Å². The molecular weight excluding hydrogens is 578 g/mol. The van der Waals surface area contributed by atoms with Crippen molar-refractivity contribution in [2.75, 3.05) is 19.8 Å². The van der Waals surface area contributed by atoms with Crippen molar-refractivity contribution in [2.45, 2.75) is 175 Å². The van der Waals surface area contributed by atoms with E-state index in [1.165, 1.54) is 135 Å². The highest BCUT2D eigenvalue weighted by Crippen LogP contribution is 2.29. The fraction of sp³-hybridized carbons (Fsp3) is 0.698. The van der Waals surface area contributed by atoms with E-state index in [1.807, 2.05) is 30.5 Å². The van der Waals surface area contributed by atoms with Crippen LogP contribution < -0.4 is 14.2 Å². The molecule has 266 valence electrons. The van der Waals surface area contributed by atoms with Crippen LogP contribution in [0.25, 0.3) is 0 Å². The number of nitrogens with zero attached hydrogens (tertiary/aromatic N) is 1. The average molecular weight is 650 g/mol. The van der Waals surface area contributed by atoms with E-state index in [9.17, 15) is 0 Å². The van der Waals surface area contributed by atoms with Crippen LogP contribution in [0.3, 0.4) is 0 Å². The number of hydrogen-bond donors (Lipinski definition) is 0. The minimum absolute atomic E-state index is 0.728. The monoisotopic (exact) mass is 650 g/mol. The van der Waals surface area contributed by atoms with Crippen molar-refractivity contribution >= 4 is 11.9 Å². The van der Waals surface area contributed by atoms with E-state index in [0.717, 1.165) is 67.6 Å². The van der Waals surface area contributed by atoms with Crippen molar-refractivity contribution in [1.29, 1.82) is 0 Å². The third-order valence-corrected chi connectivity index (χ3v) is 8.94. The zero-order valence-corrected chi connectivity index (χ0v) is 30.9. The maximum atomic E-state index is 6.33. The molecule has 0 aliphatic heterocycles. The van der Waals surface area contributed by atoms with Gasteiger partial charge in [-0.3, -0.25) is 4.99 Å². The highest BCUT2D eigenvalue weighted by atomic mass is 16.5. The molecule has 2 aromatic rings. The molecule has 0 saturated carbocycles. The van der Waals surface area contributed by atoms with Crippen LogP contribution >= 0.6 is 0 Å². The molecule has 2 aromatic carbocycles. The molecule has 0 fully saturated rings. The van der Waals surface area contributed by atoms with Crippen LogP contribution in [0, 0.1) is 0 Å². The fourth-order valence-electron chi connectivity index (χ4n) is 5.88. The Balaban J connectivity index is 1.81. The van der Waals surface area contributed by atoms with E-state index in [0.29, 0.717) is 0 Å². The number of benzene rings is 2. The van der Waals surface area contributed by atoms with Gasteiger partial charge in [0.05, 0.1) is 25.5 Å². The van der Waals surface area contributed by atoms with Crippen LogP contribution in [0.4, 0.5) is 5.69 Å². The van der Waals surface area contributed by atoms with Crippen LogP contribution in [-0.2, 0) is 0 Å². The first kappa shape index (κ1) is 40.7. The topological polar surface area (TPSA) is 40.0 Å². The Morgan fingerprint density at radius 3 is 1.32 bits per heavy atom. The van der Waals surface area contributed by atoms with Gasteiger partial charge in [0.15, 0.2) is 11.5 Å². The molecule has 0 atom stereocenters. The fourth-order valence-corrected chi connectivity index (χ4v) is 5.88. The minimum Gasteiger partial charge on any atom is -0.494 e. The predicted octanol–water partition coefficient (Wildman–Crippen LogP) is 14.0. The Hall–Kier alpha value is -2.49. The molecule has 0 aliphatic carbocycles. The summed E-state index contributed by atoms with van der Waals surface area (Å²) in [6.45, 7) is 9.04.